The molecule has 0 bridgehead atoms. The summed E-state index contributed by atoms with van der Waals surface area (Å²) in [6, 6.07) is 0. The second kappa shape index (κ2) is 8.98. The summed E-state index contributed by atoms with van der Waals surface area (Å²) in [6.45, 7) is 7.09. The fraction of sp³-hybridized carbons (Fsp3) is 0.786. The van der Waals surface area contributed by atoms with Gasteiger partial charge >= 0.3 is 0 Å². The number of nitrogens with zero attached hydrogens (tertiary/aromatic N) is 3. The molecule has 0 aliphatic rings. The van der Waals surface area contributed by atoms with E-state index in [4.69, 9.17) is 11.6 Å². The highest BCUT2D eigenvalue weighted by Crippen LogP contribution is 2.22. The van der Waals surface area contributed by atoms with E-state index in [1.54, 1.807) is 0 Å². The van der Waals surface area contributed by atoms with Gasteiger partial charge in [0.2, 0.25) is 0 Å². The van der Waals surface area contributed by atoms with Gasteiger partial charge in [-0.15, -0.1) is 0 Å². The molecule has 0 saturated heterocycles. The average Bonchev–Trinajstić information content (AvgIpc) is 2.71. The van der Waals surface area contributed by atoms with E-state index in [0.717, 1.165) is 47.8 Å². The van der Waals surface area contributed by atoms with Gasteiger partial charge in [0.25, 0.3) is 0 Å². The van der Waals surface area contributed by atoms with Crippen LogP contribution >= 0.6 is 27.5 Å². The van der Waals surface area contributed by atoms with E-state index in [9.17, 15) is 0 Å². The summed E-state index contributed by atoms with van der Waals surface area (Å²) in [7, 11) is 2.16. The van der Waals surface area contributed by atoms with Crippen LogP contribution in [0.15, 0.2) is 0 Å². The van der Waals surface area contributed by atoms with Crippen LogP contribution in [0, 0.1) is 0 Å². The Bertz CT molecular complexity index is 379. The van der Waals surface area contributed by atoms with Crippen LogP contribution in [0.1, 0.15) is 44.5 Å². The molecule has 0 atom stereocenters. The zero-order valence-corrected chi connectivity index (χ0v) is 14.6. The molecule has 0 amide bonds. The largest absolute Gasteiger partial charge is 0.301 e. The van der Waals surface area contributed by atoms with Gasteiger partial charge in [0, 0.05) is 18.4 Å². The lowest BCUT2D eigenvalue weighted by atomic mass is 10.2. The molecule has 1 aromatic rings. The van der Waals surface area contributed by atoms with Crippen molar-refractivity contribution in [3.63, 3.8) is 0 Å². The number of unbranched alkanes of at least 4 members (excludes halogenated alkanes) is 2. The first-order valence-electron chi connectivity index (χ1n) is 7.12. The minimum absolute atomic E-state index is 0.858. The van der Waals surface area contributed by atoms with E-state index in [1.807, 2.05) is 4.68 Å². The maximum Gasteiger partial charge on any atom is 0.0863 e. The Morgan fingerprint density at radius 1 is 1.26 bits per heavy atom. The smallest absolute Gasteiger partial charge is 0.0863 e. The normalized spacial score (nSPS) is 11.5. The number of rotatable bonds is 9. The Kier molecular flexibility index (Phi) is 8.03. The number of alkyl halides is 1. The molecular weight excluding hydrogens is 326 g/mol. The van der Waals surface area contributed by atoms with Crippen molar-refractivity contribution in [3.8, 4) is 0 Å². The second-order valence-corrected chi connectivity index (χ2v) is 6.04. The zero-order chi connectivity index (χ0) is 14.3. The summed E-state index contributed by atoms with van der Waals surface area (Å²) in [6.07, 6.45) is 4.66. The van der Waals surface area contributed by atoms with Crippen LogP contribution in [-0.4, -0.2) is 33.6 Å². The number of hydrogen-bond acceptors (Lipinski definition) is 2. The molecule has 110 valence electrons. The molecule has 0 N–H and O–H groups in total. The van der Waals surface area contributed by atoms with Crippen LogP contribution < -0.4 is 0 Å². The molecule has 0 saturated carbocycles. The fourth-order valence-electron chi connectivity index (χ4n) is 2.16. The Hall–Kier alpha value is -0.0600. The molecule has 1 heterocycles. The van der Waals surface area contributed by atoms with Crippen LogP contribution in [0.4, 0.5) is 0 Å². The van der Waals surface area contributed by atoms with Crippen LogP contribution in [0.5, 0.6) is 0 Å². The van der Waals surface area contributed by atoms with Crippen LogP contribution in [0.3, 0.4) is 0 Å². The van der Waals surface area contributed by atoms with Gasteiger partial charge in [-0.1, -0.05) is 40.9 Å². The summed E-state index contributed by atoms with van der Waals surface area (Å²) in [5, 5.41) is 6.52. The molecule has 0 aliphatic heterocycles. The molecule has 1 aromatic heterocycles. The van der Waals surface area contributed by atoms with E-state index in [1.165, 1.54) is 19.3 Å². The molecule has 0 unspecified atom stereocenters. The second-order valence-electron chi connectivity index (χ2n) is 4.86. The molecule has 1 rings (SSSR count). The van der Waals surface area contributed by atoms with Crippen molar-refractivity contribution in [2.75, 3.05) is 18.9 Å². The topological polar surface area (TPSA) is 21.1 Å². The highest BCUT2D eigenvalue weighted by Gasteiger charge is 2.15. The molecule has 19 heavy (non-hydrogen) atoms. The summed E-state index contributed by atoms with van der Waals surface area (Å²) >= 11 is 9.89. The van der Waals surface area contributed by atoms with Crippen molar-refractivity contribution < 1.29 is 0 Å². The van der Waals surface area contributed by atoms with E-state index in [-0.39, 0.29) is 0 Å². The lowest BCUT2D eigenvalue weighted by Crippen LogP contribution is -2.21. The molecular formula is C14H25BrClN3. The van der Waals surface area contributed by atoms with Crippen molar-refractivity contribution in [3.05, 3.63) is 16.4 Å². The van der Waals surface area contributed by atoms with E-state index in [2.05, 4.69) is 46.8 Å². The Morgan fingerprint density at radius 3 is 2.58 bits per heavy atom. The van der Waals surface area contributed by atoms with Crippen molar-refractivity contribution in [2.45, 2.75) is 52.6 Å². The first-order chi connectivity index (χ1) is 9.13. The Balaban J connectivity index is 2.57. The lowest BCUT2D eigenvalue weighted by Gasteiger charge is -2.17. The molecule has 3 nitrogen and oxygen atoms in total. The molecule has 0 spiro atoms. The summed E-state index contributed by atoms with van der Waals surface area (Å²) in [4.78, 5) is 2.34. The highest BCUT2D eigenvalue weighted by molar-refractivity contribution is 9.09. The molecule has 5 heteroatoms. The predicted molar refractivity (Wildman–Crippen MR) is 86.3 cm³/mol. The number of halogens is 2. The molecule has 0 aliphatic carbocycles. The first-order valence-corrected chi connectivity index (χ1v) is 8.62. The van der Waals surface area contributed by atoms with Crippen LogP contribution in [0.25, 0.3) is 0 Å². The zero-order valence-electron chi connectivity index (χ0n) is 12.3. The summed E-state index contributed by atoms with van der Waals surface area (Å²) in [5.41, 5.74) is 2.18. The lowest BCUT2D eigenvalue weighted by molar-refractivity contribution is 0.307. The quantitative estimate of drug-likeness (QED) is 0.493. The van der Waals surface area contributed by atoms with Crippen molar-refractivity contribution in [1.82, 2.24) is 14.7 Å². The number of aryl methyl sites for hydroxylation is 2. The van der Waals surface area contributed by atoms with Crippen molar-refractivity contribution in [1.29, 1.82) is 0 Å². The third-order valence-electron chi connectivity index (χ3n) is 3.29. The average molecular weight is 351 g/mol. The first kappa shape index (κ1) is 17.0. The monoisotopic (exact) mass is 349 g/mol. The standard InChI is InChI=1S/C14H25BrClN3/c1-4-12-14(16)13(19(5-2)17-12)11-18(3)10-8-6-7-9-15/h4-11H2,1-3H3. The SMILES string of the molecule is CCc1nn(CC)c(CN(C)CCCCCBr)c1Cl. The van der Waals surface area contributed by atoms with E-state index >= 15 is 0 Å². The minimum Gasteiger partial charge on any atom is -0.301 e. The van der Waals surface area contributed by atoms with Gasteiger partial charge in [0.05, 0.1) is 16.4 Å². The molecule has 0 fully saturated rings. The van der Waals surface area contributed by atoms with Gasteiger partial charge in [0.15, 0.2) is 0 Å². The third-order valence-corrected chi connectivity index (χ3v) is 4.28. The van der Waals surface area contributed by atoms with Gasteiger partial charge in [-0.3, -0.25) is 4.68 Å². The number of aromatic nitrogens is 2. The molecule has 0 aromatic carbocycles. The fourth-order valence-corrected chi connectivity index (χ4v) is 2.88. The van der Waals surface area contributed by atoms with Crippen LogP contribution in [0.2, 0.25) is 5.02 Å². The highest BCUT2D eigenvalue weighted by atomic mass is 79.9. The molecule has 0 radical (unpaired) electrons. The predicted octanol–water partition coefficient (Wildman–Crippen LogP) is 4.12. The third kappa shape index (κ3) is 5.09. The Morgan fingerprint density at radius 2 is 2.00 bits per heavy atom. The maximum atomic E-state index is 6.42. The van der Waals surface area contributed by atoms with Gasteiger partial charge in [-0.25, -0.2) is 0 Å². The van der Waals surface area contributed by atoms with Gasteiger partial charge in [-0.05, 0) is 39.8 Å². The maximum absolute atomic E-state index is 6.42. The van der Waals surface area contributed by atoms with Crippen LogP contribution in [-0.2, 0) is 19.5 Å². The van der Waals surface area contributed by atoms with Gasteiger partial charge < -0.3 is 4.90 Å². The van der Waals surface area contributed by atoms with Gasteiger partial charge in [0.1, 0.15) is 0 Å². The Labute approximate surface area is 130 Å². The van der Waals surface area contributed by atoms with E-state index < -0.39 is 0 Å². The van der Waals surface area contributed by atoms with Crippen molar-refractivity contribution in [2.24, 2.45) is 0 Å². The van der Waals surface area contributed by atoms with Crippen molar-refractivity contribution >= 4 is 27.5 Å². The summed E-state index contributed by atoms with van der Waals surface area (Å²) in [5.74, 6) is 0. The number of hydrogen-bond donors (Lipinski definition) is 0. The summed E-state index contributed by atoms with van der Waals surface area (Å²) < 4.78 is 2.04. The van der Waals surface area contributed by atoms with E-state index in [0.29, 0.717) is 0 Å². The van der Waals surface area contributed by atoms with Gasteiger partial charge in [-0.2, -0.15) is 5.10 Å². The minimum atomic E-state index is 0.858.